The monoisotopic (exact) mass is 392 g/mol. The molecule has 0 spiro atoms. The van der Waals surface area contributed by atoms with Crippen molar-refractivity contribution in [3.63, 3.8) is 0 Å². The van der Waals surface area contributed by atoms with Crippen LogP contribution in [0.1, 0.15) is 28.9 Å². The highest BCUT2D eigenvalue weighted by atomic mass is 16.2. The van der Waals surface area contributed by atoms with Gasteiger partial charge in [-0.15, -0.1) is 0 Å². The molecule has 0 aromatic heterocycles. The number of benzene rings is 4. The number of hydrogen-bond acceptors (Lipinski definition) is 2. The summed E-state index contributed by atoms with van der Waals surface area (Å²) in [7, 11) is 0. The topological polar surface area (TPSA) is 58.2 Å². The first-order valence-corrected chi connectivity index (χ1v) is 9.92. The number of urea groups is 1. The van der Waals surface area contributed by atoms with Gasteiger partial charge < -0.3 is 10.6 Å². The third-order valence-corrected chi connectivity index (χ3v) is 5.65. The zero-order valence-electron chi connectivity index (χ0n) is 16.5. The molecule has 2 amide bonds. The summed E-state index contributed by atoms with van der Waals surface area (Å²) < 4.78 is 0. The third kappa shape index (κ3) is 2.94. The van der Waals surface area contributed by atoms with E-state index in [-0.39, 0.29) is 11.8 Å². The van der Waals surface area contributed by atoms with E-state index >= 15 is 0 Å². The molecule has 0 saturated carbocycles. The standard InChI is InChI=1S/C26H20N2O2/c1-16-22(25(29)17-9-3-2-4-10-17)24(28-26(30)27-16)23-20-13-7-5-11-18(20)15-19-12-6-8-14-21(19)23/h2-15,24H,1H3,(H2,27,28,30). The second-order valence-electron chi connectivity index (χ2n) is 7.50. The lowest BCUT2D eigenvalue weighted by molar-refractivity contribution is 0.102. The predicted molar refractivity (Wildman–Crippen MR) is 119 cm³/mol. The van der Waals surface area contributed by atoms with Crippen molar-refractivity contribution in [3.05, 3.63) is 107 Å². The Labute approximate surface area is 174 Å². The van der Waals surface area contributed by atoms with Crippen LogP contribution in [0.3, 0.4) is 0 Å². The predicted octanol–water partition coefficient (Wildman–Crippen LogP) is 5.50. The molecule has 4 aromatic carbocycles. The molecule has 0 fully saturated rings. The number of carbonyl (C=O) groups excluding carboxylic acids is 2. The van der Waals surface area contributed by atoms with Crippen LogP contribution in [0.25, 0.3) is 21.5 Å². The number of fused-ring (bicyclic) bond motifs is 2. The Balaban J connectivity index is 1.81. The average Bonchev–Trinajstić information content (AvgIpc) is 2.77. The van der Waals surface area contributed by atoms with Crippen molar-refractivity contribution in [2.75, 3.05) is 0 Å². The Morgan fingerprint density at radius 1 is 0.800 bits per heavy atom. The van der Waals surface area contributed by atoms with Crippen molar-refractivity contribution in [1.82, 2.24) is 10.6 Å². The fourth-order valence-electron chi connectivity index (χ4n) is 4.32. The highest BCUT2D eigenvalue weighted by molar-refractivity contribution is 6.13. The molecule has 1 aliphatic heterocycles. The van der Waals surface area contributed by atoms with Crippen molar-refractivity contribution in [2.45, 2.75) is 13.0 Å². The molecule has 146 valence electrons. The Kier molecular flexibility index (Phi) is 4.32. The van der Waals surface area contributed by atoms with Gasteiger partial charge in [-0.25, -0.2) is 4.79 Å². The summed E-state index contributed by atoms with van der Waals surface area (Å²) >= 11 is 0. The van der Waals surface area contributed by atoms with E-state index in [2.05, 4.69) is 28.8 Å². The largest absolute Gasteiger partial charge is 0.327 e. The molecule has 1 atom stereocenters. The molecule has 1 heterocycles. The summed E-state index contributed by atoms with van der Waals surface area (Å²) in [5, 5.41) is 9.99. The quantitative estimate of drug-likeness (QED) is 0.357. The summed E-state index contributed by atoms with van der Waals surface area (Å²) in [6, 6.07) is 26.6. The minimum absolute atomic E-state index is 0.0948. The number of ketones is 1. The van der Waals surface area contributed by atoms with Gasteiger partial charge in [0.25, 0.3) is 0 Å². The van der Waals surface area contributed by atoms with Gasteiger partial charge in [0.1, 0.15) is 0 Å². The maximum Gasteiger partial charge on any atom is 0.319 e. The average molecular weight is 392 g/mol. The van der Waals surface area contributed by atoms with Crippen LogP contribution in [0.5, 0.6) is 0 Å². The molecule has 0 bridgehead atoms. The molecule has 4 heteroatoms. The van der Waals surface area contributed by atoms with Crippen LogP contribution in [0.2, 0.25) is 0 Å². The minimum Gasteiger partial charge on any atom is -0.327 e. The zero-order chi connectivity index (χ0) is 20.7. The van der Waals surface area contributed by atoms with Crippen molar-refractivity contribution in [1.29, 1.82) is 0 Å². The van der Waals surface area contributed by atoms with Gasteiger partial charge in [0.05, 0.1) is 6.04 Å². The highest BCUT2D eigenvalue weighted by Crippen LogP contribution is 2.38. The zero-order valence-corrected chi connectivity index (χ0v) is 16.5. The maximum absolute atomic E-state index is 13.5. The van der Waals surface area contributed by atoms with E-state index < -0.39 is 6.04 Å². The van der Waals surface area contributed by atoms with Gasteiger partial charge in [0.2, 0.25) is 0 Å². The van der Waals surface area contributed by atoms with Gasteiger partial charge in [-0.1, -0.05) is 78.9 Å². The van der Waals surface area contributed by atoms with Gasteiger partial charge in [-0.3, -0.25) is 4.79 Å². The first-order chi connectivity index (χ1) is 14.6. The molecule has 0 aliphatic carbocycles. The Morgan fingerprint density at radius 3 is 2.00 bits per heavy atom. The Bertz CT molecular complexity index is 1290. The molecule has 4 aromatic rings. The van der Waals surface area contributed by atoms with E-state index in [9.17, 15) is 9.59 Å². The number of allylic oxidation sites excluding steroid dienone is 1. The molecule has 5 rings (SSSR count). The second-order valence-corrected chi connectivity index (χ2v) is 7.50. The highest BCUT2D eigenvalue weighted by Gasteiger charge is 2.33. The van der Waals surface area contributed by atoms with Crippen LogP contribution in [-0.2, 0) is 0 Å². The lowest BCUT2D eigenvalue weighted by atomic mass is 9.84. The number of rotatable bonds is 3. The number of hydrogen-bond donors (Lipinski definition) is 2. The minimum atomic E-state index is -0.553. The molecule has 2 N–H and O–H groups in total. The summed E-state index contributed by atoms with van der Waals surface area (Å²) in [6.07, 6.45) is 0. The van der Waals surface area contributed by atoms with Crippen molar-refractivity contribution in [2.24, 2.45) is 0 Å². The molecule has 30 heavy (non-hydrogen) atoms. The number of carbonyl (C=O) groups is 2. The van der Waals surface area contributed by atoms with Crippen LogP contribution in [0.4, 0.5) is 4.79 Å². The van der Waals surface area contributed by atoms with Crippen LogP contribution < -0.4 is 10.6 Å². The first kappa shape index (κ1) is 18.1. The van der Waals surface area contributed by atoms with Gasteiger partial charge in [0, 0.05) is 16.8 Å². The normalized spacial score (nSPS) is 16.4. The molecule has 4 nitrogen and oxygen atoms in total. The van der Waals surface area contributed by atoms with E-state index in [0.717, 1.165) is 27.1 Å². The fourth-order valence-corrected chi connectivity index (χ4v) is 4.32. The Morgan fingerprint density at radius 2 is 1.37 bits per heavy atom. The van der Waals surface area contributed by atoms with Crippen LogP contribution in [0, 0.1) is 0 Å². The summed E-state index contributed by atoms with van der Waals surface area (Å²) in [5.74, 6) is -0.0948. The third-order valence-electron chi connectivity index (χ3n) is 5.65. The number of nitrogens with one attached hydrogen (secondary N) is 2. The van der Waals surface area contributed by atoms with Gasteiger partial charge in [0.15, 0.2) is 5.78 Å². The molecule has 1 aliphatic rings. The van der Waals surface area contributed by atoms with E-state index in [1.165, 1.54) is 0 Å². The van der Waals surface area contributed by atoms with E-state index in [1.807, 2.05) is 54.6 Å². The summed E-state index contributed by atoms with van der Waals surface area (Å²) in [4.78, 5) is 26.0. The summed E-state index contributed by atoms with van der Waals surface area (Å²) in [6.45, 7) is 1.79. The van der Waals surface area contributed by atoms with Crippen molar-refractivity contribution in [3.8, 4) is 0 Å². The number of Topliss-reactive ketones (excluding diaryl/α,β-unsaturated/α-hetero) is 1. The van der Waals surface area contributed by atoms with Gasteiger partial charge in [-0.2, -0.15) is 0 Å². The SMILES string of the molecule is CC1=C(C(=O)c2ccccc2)C(c2c3ccccc3cc3ccccc23)NC(=O)N1. The van der Waals surface area contributed by atoms with Crippen molar-refractivity contribution < 1.29 is 9.59 Å². The number of amides is 2. The van der Waals surface area contributed by atoms with Crippen LogP contribution >= 0.6 is 0 Å². The van der Waals surface area contributed by atoms with Crippen LogP contribution in [-0.4, -0.2) is 11.8 Å². The summed E-state index contributed by atoms with van der Waals surface area (Å²) in [5.41, 5.74) is 2.67. The van der Waals surface area contributed by atoms with E-state index in [0.29, 0.717) is 16.8 Å². The second kappa shape index (κ2) is 7.16. The van der Waals surface area contributed by atoms with Crippen molar-refractivity contribution >= 4 is 33.4 Å². The smallest absolute Gasteiger partial charge is 0.319 e. The molecule has 0 radical (unpaired) electrons. The first-order valence-electron chi connectivity index (χ1n) is 9.92. The molecular formula is C26H20N2O2. The Hall–Kier alpha value is -3.92. The lowest BCUT2D eigenvalue weighted by Gasteiger charge is -2.30. The van der Waals surface area contributed by atoms with Crippen LogP contribution in [0.15, 0.2) is 96.2 Å². The molecule has 0 saturated heterocycles. The molecular weight excluding hydrogens is 372 g/mol. The maximum atomic E-state index is 13.5. The molecule has 1 unspecified atom stereocenters. The van der Waals surface area contributed by atoms with E-state index in [1.54, 1.807) is 19.1 Å². The van der Waals surface area contributed by atoms with Gasteiger partial charge in [-0.05, 0) is 40.1 Å². The lowest BCUT2D eigenvalue weighted by Crippen LogP contribution is -2.45. The van der Waals surface area contributed by atoms with Gasteiger partial charge >= 0.3 is 6.03 Å². The fraction of sp³-hybridized carbons (Fsp3) is 0.0769. The van der Waals surface area contributed by atoms with E-state index in [4.69, 9.17) is 0 Å².